The fraction of sp³-hybridized carbons (Fsp3) is 1.00. The van der Waals surface area contributed by atoms with E-state index in [1.165, 1.54) is 103 Å². The first-order chi connectivity index (χ1) is 10.8. The van der Waals surface area contributed by atoms with Crippen LogP contribution < -0.4 is 0 Å². The smallest absolute Gasteiger partial charge is 0.0431 e. The summed E-state index contributed by atoms with van der Waals surface area (Å²) in [6.07, 6.45) is 18.7. The molecule has 2 heteroatoms. The van der Waals surface area contributed by atoms with E-state index in [2.05, 4.69) is 18.7 Å². The van der Waals surface area contributed by atoms with Crippen molar-refractivity contribution in [1.29, 1.82) is 0 Å². The van der Waals surface area contributed by atoms with Gasteiger partial charge in [-0.15, -0.1) is 0 Å². The van der Waals surface area contributed by atoms with Crippen LogP contribution in [0.15, 0.2) is 0 Å². The first kappa shape index (κ1) is 21.9. The summed E-state index contributed by atoms with van der Waals surface area (Å²) in [7, 11) is 0. The SMILES string of the molecule is CCCCN(CCCC)CCCCCCCCCCCCO. The van der Waals surface area contributed by atoms with Gasteiger partial charge >= 0.3 is 0 Å². The van der Waals surface area contributed by atoms with Gasteiger partial charge in [-0.2, -0.15) is 0 Å². The molecular formula is C20H43NO. The summed E-state index contributed by atoms with van der Waals surface area (Å²) >= 11 is 0. The van der Waals surface area contributed by atoms with Gasteiger partial charge in [-0.1, -0.05) is 78.1 Å². The van der Waals surface area contributed by atoms with E-state index in [1.807, 2.05) is 0 Å². The van der Waals surface area contributed by atoms with E-state index in [9.17, 15) is 0 Å². The Morgan fingerprint density at radius 2 is 0.864 bits per heavy atom. The summed E-state index contributed by atoms with van der Waals surface area (Å²) in [6, 6.07) is 0. The Balaban J connectivity index is 3.33. The molecule has 0 aromatic heterocycles. The number of unbranched alkanes of at least 4 members (excludes halogenated alkanes) is 11. The average molecular weight is 314 g/mol. The molecule has 0 atom stereocenters. The van der Waals surface area contributed by atoms with Crippen molar-refractivity contribution in [2.75, 3.05) is 26.2 Å². The standard InChI is InChI=1S/C20H43NO/c1-3-5-17-21(18-6-4-2)19-15-13-11-9-7-8-10-12-14-16-20-22/h22H,3-20H2,1-2H3. The third-order valence-electron chi connectivity index (χ3n) is 4.54. The van der Waals surface area contributed by atoms with Crippen LogP contribution in [-0.4, -0.2) is 36.2 Å². The highest BCUT2D eigenvalue weighted by molar-refractivity contribution is 4.58. The lowest BCUT2D eigenvalue weighted by atomic mass is 10.1. The molecule has 0 bridgehead atoms. The van der Waals surface area contributed by atoms with Crippen LogP contribution in [0.5, 0.6) is 0 Å². The fourth-order valence-corrected chi connectivity index (χ4v) is 2.96. The lowest BCUT2D eigenvalue weighted by Crippen LogP contribution is -2.27. The van der Waals surface area contributed by atoms with Gasteiger partial charge in [0.2, 0.25) is 0 Å². The lowest BCUT2D eigenvalue weighted by molar-refractivity contribution is 0.259. The monoisotopic (exact) mass is 313 g/mol. The maximum atomic E-state index is 8.72. The second kappa shape index (κ2) is 19.0. The Bertz CT molecular complexity index is 188. The van der Waals surface area contributed by atoms with Gasteiger partial charge in [-0.3, -0.25) is 0 Å². The molecule has 0 radical (unpaired) electrons. The first-order valence-electron chi connectivity index (χ1n) is 10.2. The van der Waals surface area contributed by atoms with E-state index in [0.717, 1.165) is 6.42 Å². The molecule has 0 rings (SSSR count). The molecule has 134 valence electrons. The van der Waals surface area contributed by atoms with Crippen LogP contribution in [0.3, 0.4) is 0 Å². The maximum Gasteiger partial charge on any atom is 0.0431 e. The zero-order chi connectivity index (χ0) is 16.3. The van der Waals surface area contributed by atoms with E-state index < -0.39 is 0 Å². The van der Waals surface area contributed by atoms with Crippen molar-refractivity contribution in [3.8, 4) is 0 Å². The van der Waals surface area contributed by atoms with Crippen molar-refractivity contribution in [2.45, 2.75) is 104 Å². The minimum atomic E-state index is 0.369. The molecule has 0 aliphatic heterocycles. The number of rotatable bonds is 18. The second-order valence-electron chi connectivity index (χ2n) is 6.81. The number of aliphatic hydroxyl groups excluding tert-OH is 1. The average Bonchev–Trinajstić information content (AvgIpc) is 2.54. The summed E-state index contributed by atoms with van der Waals surface area (Å²) in [5.74, 6) is 0. The first-order valence-corrected chi connectivity index (χ1v) is 10.2. The Hall–Kier alpha value is -0.0800. The van der Waals surface area contributed by atoms with Crippen LogP contribution in [0.4, 0.5) is 0 Å². The maximum absolute atomic E-state index is 8.72. The van der Waals surface area contributed by atoms with Gasteiger partial charge in [0.05, 0.1) is 0 Å². The molecule has 0 spiro atoms. The Kier molecular flexibility index (Phi) is 18.9. The highest BCUT2D eigenvalue weighted by atomic mass is 16.2. The van der Waals surface area contributed by atoms with Gasteiger partial charge in [0.15, 0.2) is 0 Å². The minimum absolute atomic E-state index is 0.369. The Labute approximate surface area is 140 Å². The highest BCUT2D eigenvalue weighted by Gasteiger charge is 2.03. The molecule has 0 heterocycles. The molecular weight excluding hydrogens is 270 g/mol. The van der Waals surface area contributed by atoms with Crippen molar-refractivity contribution in [2.24, 2.45) is 0 Å². The molecule has 2 nitrogen and oxygen atoms in total. The summed E-state index contributed by atoms with van der Waals surface area (Å²) < 4.78 is 0. The zero-order valence-corrected chi connectivity index (χ0v) is 15.6. The third-order valence-corrected chi connectivity index (χ3v) is 4.54. The highest BCUT2D eigenvalue weighted by Crippen LogP contribution is 2.11. The van der Waals surface area contributed by atoms with Gasteiger partial charge in [-0.25, -0.2) is 0 Å². The molecule has 22 heavy (non-hydrogen) atoms. The summed E-state index contributed by atoms with van der Waals surface area (Å²) in [5.41, 5.74) is 0. The van der Waals surface area contributed by atoms with Crippen molar-refractivity contribution < 1.29 is 5.11 Å². The van der Waals surface area contributed by atoms with Crippen LogP contribution >= 0.6 is 0 Å². The molecule has 0 aliphatic carbocycles. The fourth-order valence-electron chi connectivity index (χ4n) is 2.96. The molecule has 0 saturated heterocycles. The van der Waals surface area contributed by atoms with Crippen LogP contribution in [-0.2, 0) is 0 Å². The van der Waals surface area contributed by atoms with E-state index in [-0.39, 0.29) is 0 Å². The largest absolute Gasteiger partial charge is 0.396 e. The topological polar surface area (TPSA) is 23.5 Å². The second-order valence-corrected chi connectivity index (χ2v) is 6.81. The summed E-state index contributed by atoms with van der Waals surface area (Å²) in [6.45, 7) is 8.90. The predicted molar refractivity (Wildman–Crippen MR) is 99.5 cm³/mol. The van der Waals surface area contributed by atoms with Crippen molar-refractivity contribution in [1.82, 2.24) is 4.90 Å². The number of aliphatic hydroxyl groups is 1. The lowest BCUT2D eigenvalue weighted by Gasteiger charge is -2.21. The van der Waals surface area contributed by atoms with Crippen molar-refractivity contribution in [3.05, 3.63) is 0 Å². The number of nitrogens with zero attached hydrogens (tertiary/aromatic N) is 1. The molecule has 0 aromatic rings. The number of hydrogen-bond acceptors (Lipinski definition) is 2. The van der Waals surface area contributed by atoms with Gasteiger partial charge in [0, 0.05) is 6.61 Å². The summed E-state index contributed by atoms with van der Waals surface area (Å²) in [4.78, 5) is 2.69. The normalized spacial score (nSPS) is 11.5. The van der Waals surface area contributed by atoms with Gasteiger partial charge in [-0.05, 0) is 45.3 Å². The van der Waals surface area contributed by atoms with E-state index >= 15 is 0 Å². The van der Waals surface area contributed by atoms with E-state index in [0.29, 0.717) is 6.61 Å². The van der Waals surface area contributed by atoms with E-state index in [4.69, 9.17) is 5.11 Å². The Morgan fingerprint density at radius 1 is 0.500 bits per heavy atom. The van der Waals surface area contributed by atoms with Gasteiger partial charge in [0.25, 0.3) is 0 Å². The quantitative estimate of drug-likeness (QED) is 0.324. The van der Waals surface area contributed by atoms with Crippen molar-refractivity contribution >= 4 is 0 Å². The number of hydrogen-bond donors (Lipinski definition) is 1. The summed E-state index contributed by atoms with van der Waals surface area (Å²) in [5, 5.41) is 8.72. The van der Waals surface area contributed by atoms with Crippen LogP contribution in [0.1, 0.15) is 104 Å². The molecule has 0 aromatic carbocycles. The van der Waals surface area contributed by atoms with Crippen LogP contribution in [0.2, 0.25) is 0 Å². The molecule has 0 amide bonds. The third kappa shape index (κ3) is 16.3. The predicted octanol–water partition coefficient (Wildman–Crippen LogP) is 5.78. The Morgan fingerprint density at radius 3 is 1.27 bits per heavy atom. The molecule has 0 unspecified atom stereocenters. The van der Waals surface area contributed by atoms with E-state index in [1.54, 1.807) is 0 Å². The van der Waals surface area contributed by atoms with Crippen molar-refractivity contribution in [3.63, 3.8) is 0 Å². The van der Waals surface area contributed by atoms with Gasteiger partial charge in [0.1, 0.15) is 0 Å². The zero-order valence-electron chi connectivity index (χ0n) is 15.6. The van der Waals surface area contributed by atoms with Gasteiger partial charge < -0.3 is 10.0 Å². The molecule has 1 N–H and O–H groups in total. The minimum Gasteiger partial charge on any atom is -0.396 e. The molecule has 0 fully saturated rings. The molecule has 0 saturated carbocycles. The van der Waals surface area contributed by atoms with Crippen LogP contribution in [0, 0.1) is 0 Å². The molecule has 0 aliphatic rings. The van der Waals surface area contributed by atoms with Crippen LogP contribution in [0.25, 0.3) is 0 Å².